The zero-order valence-corrected chi connectivity index (χ0v) is 12.0. The molecule has 1 aliphatic rings. The summed E-state index contributed by atoms with van der Waals surface area (Å²) in [6.45, 7) is 2.79. The molecule has 2 N–H and O–H groups in total. The van der Waals surface area contributed by atoms with Gasteiger partial charge in [-0.15, -0.1) is 0 Å². The van der Waals surface area contributed by atoms with Gasteiger partial charge in [0, 0.05) is 24.7 Å². The summed E-state index contributed by atoms with van der Waals surface area (Å²) in [7, 11) is 1.60. The molecule has 20 heavy (non-hydrogen) atoms. The topological polar surface area (TPSA) is 64.8 Å². The molecular weight excluding hydrogens is 256 g/mol. The number of piperidine rings is 1. The van der Waals surface area contributed by atoms with E-state index in [0.29, 0.717) is 18.0 Å². The van der Waals surface area contributed by atoms with Crippen LogP contribution in [0.5, 0.6) is 11.5 Å². The maximum absolute atomic E-state index is 12.2. The fourth-order valence-corrected chi connectivity index (χ4v) is 2.50. The number of rotatable bonds is 4. The maximum Gasteiger partial charge on any atom is 0.260 e. The van der Waals surface area contributed by atoms with Crippen LogP contribution in [-0.4, -0.2) is 43.2 Å². The van der Waals surface area contributed by atoms with Gasteiger partial charge in [-0.1, -0.05) is 6.07 Å². The Morgan fingerprint density at radius 1 is 1.45 bits per heavy atom. The van der Waals surface area contributed by atoms with Gasteiger partial charge in [0.1, 0.15) is 11.5 Å². The number of nitrogens with two attached hydrogens (primary N) is 1. The van der Waals surface area contributed by atoms with Crippen LogP contribution in [0.2, 0.25) is 0 Å². The van der Waals surface area contributed by atoms with Crippen LogP contribution < -0.4 is 15.2 Å². The van der Waals surface area contributed by atoms with Gasteiger partial charge in [-0.25, -0.2) is 0 Å². The number of carbonyl (C=O) groups is 1. The van der Waals surface area contributed by atoms with Gasteiger partial charge in [0.25, 0.3) is 5.91 Å². The Kier molecular flexibility index (Phi) is 4.84. The van der Waals surface area contributed by atoms with Crippen molar-refractivity contribution in [2.24, 2.45) is 5.73 Å². The highest BCUT2D eigenvalue weighted by molar-refractivity contribution is 5.78. The molecule has 0 aromatic heterocycles. The number of benzene rings is 1. The van der Waals surface area contributed by atoms with Gasteiger partial charge < -0.3 is 20.1 Å². The van der Waals surface area contributed by atoms with Crippen LogP contribution >= 0.6 is 0 Å². The lowest BCUT2D eigenvalue weighted by Gasteiger charge is -2.36. The second kappa shape index (κ2) is 6.61. The molecule has 110 valence electrons. The lowest BCUT2D eigenvalue weighted by Crippen LogP contribution is -2.49. The van der Waals surface area contributed by atoms with Gasteiger partial charge in [-0.05, 0) is 31.9 Å². The highest BCUT2D eigenvalue weighted by Crippen LogP contribution is 2.20. The summed E-state index contributed by atoms with van der Waals surface area (Å²) < 4.78 is 10.7. The van der Waals surface area contributed by atoms with Crippen molar-refractivity contribution in [2.45, 2.75) is 31.8 Å². The molecule has 0 radical (unpaired) electrons. The Morgan fingerprint density at radius 3 is 2.90 bits per heavy atom. The van der Waals surface area contributed by atoms with E-state index in [0.717, 1.165) is 12.8 Å². The fourth-order valence-electron chi connectivity index (χ4n) is 2.50. The van der Waals surface area contributed by atoms with Crippen LogP contribution in [0.1, 0.15) is 19.8 Å². The summed E-state index contributed by atoms with van der Waals surface area (Å²) in [6, 6.07) is 7.63. The molecule has 1 amide bonds. The largest absolute Gasteiger partial charge is 0.497 e. The van der Waals surface area contributed by atoms with E-state index in [9.17, 15) is 4.79 Å². The van der Waals surface area contributed by atoms with E-state index in [1.807, 2.05) is 30.0 Å². The van der Waals surface area contributed by atoms with Crippen molar-refractivity contribution in [1.82, 2.24) is 4.90 Å². The van der Waals surface area contributed by atoms with Crippen molar-refractivity contribution >= 4 is 5.91 Å². The van der Waals surface area contributed by atoms with Crippen LogP contribution in [0.3, 0.4) is 0 Å². The Bertz CT molecular complexity index is 464. The molecule has 2 rings (SSSR count). The van der Waals surface area contributed by atoms with Gasteiger partial charge in [-0.3, -0.25) is 4.79 Å². The Hall–Kier alpha value is -1.75. The quantitative estimate of drug-likeness (QED) is 0.904. The zero-order chi connectivity index (χ0) is 14.5. The van der Waals surface area contributed by atoms with Gasteiger partial charge in [0.05, 0.1) is 7.11 Å². The molecule has 5 heteroatoms. The molecule has 1 fully saturated rings. The molecule has 0 spiro atoms. The fraction of sp³-hybridized carbons (Fsp3) is 0.533. The standard InChI is InChI=1S/C15H22N2O3/c1-11-8-12(16)6-7-17(11)15(18)10-20-14-5-3-4-13(9-14)19-2/h3-5,9,11-12H,6-8,10,16H2,1-2H3/t11-,12-/m0/s1. The summed E-state index contributed by atoms with van der Waals surface area (Å²) in [4.78, 5) is 14.0. The van der Waals surface area contributed by atoms with Gasteiger partial charge in [-0.2, -0.15) is 0 Å². The van der Waals surface area contributed by atoms with Gasteiger partial charge in [0.2, 0.25) is 0 Å². The van der Waals surface area contributed by atoms with Crippen LogP contribution in [0.4, 0.5) is 0 Å². The molecule has 1 aliphatic heterocycles. The van der Waals surface area contributed by atoms with Crippen molar-refractivity contribution in [3.63, 3.8) is 0 Å². The monoisotopic (exact) mass is 278 g/mol. The lowest BCUT2D eigenvalue weighted by molar-refractivity contribution is -0.136. The number of amides is 1. The van der Waals surface area contributed by atoms with Gasteiger partial charge >= 0.3 is 0 Å². The Balaban J connectivity index is 1.88. The van der Waals surface area contributed by atoms with E-state index >= 15 is 0 Å². The van der Waals surface area contributed by atoms with Crippen molar-refractivity contribution < 1.29 is 14.3 Å². The number of likely N-dealkylation sites (tertiary alicyclic amines) is 1. The maximum atomic E-state index is 12.2. The molecule has 1 aromatic rings. The highest BCUT2D eigenvalue weighted by atomic mass is 16.5. The number of nitrogens with zero attached hydrogens (tertiary/aromatic N) is 1. The molecule has 0 aliphatic carbocycles. The summed E-state index contributed by atoms with van der Waals surface area (Å²) >= 11 is 0. The number of ether oxygens (including phenoxy) is 2. The minimum absolute atomic E-state index is 0.00669. The van der Waals surface area contributed by atoms with E-state index in [1.165, 1.54) is 0 Å². The molecule has 0 bridgehead atoms. The first-order chi connectivity index (χ1) is 9.60. The van der Waals surface area contributed by atoms with E-state index in [1.54, 1.807) is 13.2 Å². The third-order valence-electron chi connectivity index (χ3n) is 3.64. The average molecular weight is 278 g/mol. The first-order valence-electron chi connectivity index (χ1n) is 6.92. The van der Waals surface area contributed by atoms with Crippen molar-refractivity contribution in [3.05, 3.63) is 24.3 Å². The SMILES string of the molecule is COc1cccc(OCC(=O)N2CC[C@H](N)C[C@@H]2C)c1. The smallest absolute Gasteiger partial charge is 0.260 e. The average Bonchev–Trinajstić information content (AvgIpc) is 2.45. The molecule has 0 unspecified atom stereocenters. The first kappa shape index (κ1) is 14.7. The molecule has 5 nitrogen and oxygen atoms in total. The molecular formula is C15H22N2O3. The third-order valence-corrected chi connectivity index (χ3v) is 3.64. The molecule has 1 aromatic carbocycles. The van der Waals surface area contributed by atoms with E-state index in [2.05, 4.69) is 0 Å². The van der Waals surface area contributed by atoms with Crippen molar-refractivity contribution in [1.29, 1.82) is 0 Å². The van der Waals surface area contributed by atoms with Crippen LogP contribution in [0.15, 0.2) is 24.3 Å². The first-order valence-corrected chi connectivity index (χ1v) is 6.92. The summed E-state index contributed by atoms with van der Waals surface area (Å²) in [5.74, 6) is 1.36. The van der Waals surface area contributed by atoms with Crippen molar-refractivity contribution in [3.8, 4) is 11.5 Å². The minimum atomic E-state index is 0.00669. The highest BCUT2D eigenvalue weighted by Gasteiger charge is 2.27. The Morgan fingerprint density at radius 2 is 2.20 bits per heavy atom. The van der Waals surface area contributed by atoms with Crippen LogP contribution in [0.25, 0.3) is 0 Å². The summed E-state index contributed by atoms with van der Waals surface area (Å²) in [5, 5.41) is 0. The van der Waals surface area contributed by atoms with E-state index < -0.39 is 0 Å². The normalized spacial score (nSPS) is 22.4. The molecule has 2 atom stereocenters. The van der Waals surface area contributed by atoms with Crippen molar-refractivity contribution in [2.75, 3.05) is 20.3 Å². The number of carbonyl (C=O) groups excluding carboxylic acids is 1. The predicted octanol–water partition coefficient (Wildman–Crippen LogP) is 1.41. The third kappa shape index (κ3) is 3.63. The number of methoxy groups -OCH3 is 1. The van der Waals surface area contributed by atoms with Gasteiger partial charge in [0.15, 0.2) is 6.61 Å². The number of hydrogen-bond donors (Lipinski definition) is 1. The minimum Gasteiger partial charge on any atom is -0.497 e. The van der Waals surface area contributed by atoms with E-state index in [4.69, 9.17) is 15.2 Å². The number of hydrogen-bond acceptors (Lipinski definition) is 4. The predicted molar refractivity (Wildman–Crippen MR) is 76.9 cm³/mol. The molecule has 1 saturated heterocycles. The summed E-state index contributed by atoms with van der Waals surface area (Å²) in [6.07, 6.45) is 1.71. The molecule has 1 heterocycles. The van der Waals surface area contributed by atoms with Crippen LogP contribution in [0, 0.1) is 0 Å². The second-order valence-corrected chi connectivity index (χ2v) is 5.19. The lowest BCUT2D eigenvalue weighted by atomic mass is 9.99. The summed E-state index contributed by atoms with van der Waals surface area (Å²) in [5.41, 5.74) is 5.90. The second-order valence-electron chi connectivity index (χ2n) is 5.19. The molecule has 0 saturated carbocycles. The zero-order valence-electron chi connectivity index (χ0n) is 12.0. The van der Waals surface area contributed by atoms with Crippen LogP contribution in [-0.2, 0) is 4.79 Å². The Labute approximate surface area is 119 Å². The van der Waals surface area contributed by atoms with E-state index in [-0.39, 0.29) is 24.6 Å².